The lowest BCUT2D eigenvalue weighted by molar-refractivity contribution is -0.132. The molecule has 0 atom stereocenters. The fourth-order valence-corrected chi connectivity index (χ4v) is 3.92. The molecule has 28 heavy (non-hydrogen) atoms. The maximum atomic E-state index is 13.0. The summed E-state index contributed by atoms with van der Waals surface area (Å²) in [6.07, 6.45) is 2.75. The first-order valence-corrected chi connectivity index (χ1v) is 9.82. The van der Waals surface area contributed by atoms with E-state index >= 15 is 0 Å². The van der Waals surface area contributed by atoms with Crippen molar-refractivity contribution in [1.82, 2.24) is 9.47 Å². The number of benzene rings is 2. The van der Waals surface area contributed by atoms with Gasteiger partial charge in [-0.1, -0.05) is 63.2 Å². The number of ketones is 1. The van der Waals surface area contributed by atoms with Gasteiger partial charge in [-0.05, 0) is 23.6 Å². The molecular weight excluding hydrogens is 348 g/mol. The molecule has 1 amide bonds. The zero-order valence-electron chi connectivity index (χ0n) is 16.7. The number of carbonyl (C=O) groups is 2. The van der Waals surface area contributed by atoms with Crippen LogP contribution in [-0.2, 0) is 24.3 Å². The summed E-state index contributed by atoms with van der Waals surface area (Å²) in [6, 6.07) is 16.1. The quantitative estimate of drug-likeness (QED) is 0.636. The number of nitrogens with zero attached hydrogens (tertiary/aromatic N) is 2. The molecule has 0 aliphatic carbocycles. The minimum Gasteiger partial charge on any atom is -0.337 e. The zero-order valence-corrected chi connectivity index (χ0v) is 16.7. The molecule has 1 aliphatic heterocycles. The number of carbonyl (C=O) groups excluding carboxylic acids is 2. The average Bonchev–Trinajstić information content (AvgIpc) is 3.04. The summed E-state index contributed by atoms with van der Waals surface area (Å²) in [5, 5.41) is 0.916. The van der Waals surface area contributed by atoms with Crippen molar-refractivity contribution >= 4 is 22.6 Å². The number of hydrogen-bond donors (Lipinski definition) is 0. The zero-order chi connectivity index (χ0) is 19.9. The minimum absolute atomic E-state index is 0.0880. The summed E-state index contributed by atoms with van der Waals surface area (Å²) >= 11 is 0. The first-order valence-electron chi connectivity index (χ1n) is 9.82. The molecule has 1 aliphatic rings. The van der Waals surface area contributed by atoms with Crippen molar-refractivity contribution in [3.05, 3.63) is 71.4 Å². The van der Waals surface area contributed by atoms with Gasteiger partial charge in [0.2, 0.25) is 5.91 Å². The van der Waals surface area contributed by atoms with Gasteiger partial charge in [-0.15, -0.1) is 0 Å². The van der Waals surface area contributed by atoms with E-state index in [4.69, 9.17) is 0 Å². The van der Waals surface area contributed by atoms with Crippen LogP contribution in [0.1, 0.15) is 42.3 Å². The molecule has 0 N–H and O–H groups in total. The highest BCUT2D eigenvalue weighted by Crippen LogP contribution is 2.29. The van der Waals surface area contributed by atoms with Crippen molar-refractivity contribution < 1.29 is 9.59 Å². The maximum absolute atomic E-state index is 13.0. The topological polar surface area (TPSA) is 42.3 Å². The van der Waals surface area contributed by atoms with Gasteiger partial charge in [-0.2, -0.15) is 0 Å². The monoisotopic (exact) mass is 374 g/mol. The van der Waals surface area contributed by atoms with Crippen LogP contribution in [0.5, 0.6) is 0 Å². The Morgan fingerprint density at radius 3 is 2.39 bits per heavy atom. The number of rotatable bonds is 3. The minimum atomic E-state index is -0.463. The van der Waals surface area contributed by atoms with Crippen LogP contribution in [0.2, 0.25) is 0 Å². The Hall–Kier alpha value is -2.88. The van der Waals surface area contributed by atoms with Crippen LogP contribution in [0.4, 0.5) is 0 Å². The summed E-state index contributed by atoms with van der Waals surface area (Å²) in [4.78, 5) is 27.8. The van der Waals surface area contributed by atoms with Gasteiger partial charge >= 0.3 is 0 Å². The van der Waals surface area contributed by atoms with Crippen molar-refractivity contribution in [2.45, 2.75) is 40.3 Å². The van der Waals surface area contributed by atoms with E-state index < -0.39 is 5.41 Å². The molecule has 0 spiro atoms. The summed E-state index contributed by atoms with van der Waals surface area (Å²) in [6.45, 7) is 7.43. The van der Waals surface area contributed by atoms with E-state index in [0.29, 0.717) is 12.1 Å². The standard InChI is InChI=1S/C24H26N2O2/c1-24(2,3)23(28)20-15-26(21-11-7-6-10-19(20)21)16-22(27)25-13-12-17-8-4-5-9-18(17)14-25/h4-11,15H,12-14,16H2,1-3H3. The Morgan fingerprint density at radius 1 is 0.964 bits per heavy atom. The molecule has 4 rings (SSSR count). The lowest BCUT2D eigenvalue weighted by atomic mass is 9.86. The van der Waals surface area contributed by atoms with E-state index in [1.165, 1.54) is 11.1 Å². The van der Waals surface area contributed by atoms with Crippen molar-refractivity contribution in [2.75, 3.05) is 6.54 Å². The Bertz CT molecular complexity index is 1060. The highest BCUT2D eigenvalue weighted by atomic mass is 16.2. The second-order valence-corrected chi connectivity index (χ2v) is 8.60. The second-order valence-electron chi connectivity index (χ2n) is 8.60. The third kappa shape index (κ3) is 3.35. The van der Waals surface area contributed by atoms with Crippen LogP contribution in [0.15, 0.2) is 54.7 Å². The molecule has 0 unspecified atom stereocenters. The lowest BCUT2D eigenvalue weighted by Crippen LogP contribution is -2.37. The van der Waals surface area contributed by atoms with Gasteiger partial charge in [0.25, 0.3) is 0 Å². The molecule has 2 heterocycles. The number of amides is 1. The lowest BCUT2D eigenvalue weighted by Gasteiger charge is -2.29. The summed E-state index contributed by atoms with van der Waals surface area (Å²) in [5.41, 5.74) is 3.72. The highest BCUT2D eigenvalue weighted by Gasteiger charge is 2.27. The predicted octanol–water partition coefficient (Wildman–Crippen LogP) is 4.46. The maximum Gasteiger partial charge on any atom is 0.242 e. The fraction of sp³-hybridized carbons (Fsp3) is 0.333. The molecule has 0 fully saturated rings. The number of Topliss-reactive ketones (excluding diaryl/α,β-unsaturated/α-hetero) is 1. The highest BCUT2D eigenvalue weighted by molar-refractivity contribution is 6.10. The third-order valence-electron chi connectivity index (χ3n) is 5.50. The number of aromatic nitrogens is 1. The van der Waals surface area contributed by atoms with Crippen molar-refractivity contribution in [3.8, 4) is 0 Å². The molecule has 0 bridgehead atoms. The van der Waals surface area contributed by atoms with E-state index in [0.717, 1.165) is 23.9 Å². The number of hydrogen-bond acceptors (Lipinski definition) is 2. The van der Waals surface area contributed by atoms with Gasteiger partial charge in [-0.3, -0.25) is 9.59 Å². The fourth-order valence-electron chi connectivity index (χ4n) is 3.92. The van der Waals surface area contributed by atoms with Crippen LogP contribution in [0.25, 0.3) is 10.9 Å². The molecular formula is C24H26N2O2. The van der Waals surface area contributed by atoms with Crippen LogP contribution in [0, 0.1) is 5.41 Å². The van der Waals surface area contributed by atoms with Crippen LogP contribution >= 0.6 is 0 Å². The van der Waals surface area contributed by atoms with Gasteiger partial charge in [0.1, 0.15) is 6.54 Å². The van der Waals surface area contributed by atoms with Gasteiger partial charge in [0.05, 0.1) is 0 Å². The van der Waals surface area contributed by atoms with E-state index in [-0.39, 0.29) is 18.2 Å². The number of fused-ring (bicyclic) bond motifs is 2. The van der Waals surface area contributed by atoms with E-state index in [1.54, 1.807) is 0 Å². The normalized spacial score (nSPS) is 14.2. The summed E-state index contributed by atoms with van der Waals surface area (Å²) in [5.74, 6) is 0.187. The Kier molecular flexibility index (Phi) is 4.58. The Balaban J connectivity index is 1.62. The van der Waals surface area contributed by atoms with Crippen LogP contribution in [0.3, 0.4) is 0 Å². The van der Waals surface area contributed by atoms with Crippen LogP contribution in [-0.4, -0.2) is 27.7 Å². The molecule has 3 aromatic rings. The molecule has 0 saturated carbocycles. The van der Waals surface area contributed by atoms with Gasteiger partial charge in [0.15, 0.2) is 5.78 Å². The van der Waals surface area contributed by atoms with Crippen molar-refractivity contribution in [2.24, 2.45) is 5.41 Å². The largest absolute Gasteiger partial charge is 0.337 e. The van der Waals surface area contributed by atoms with E-state index in [9.17, 15) is 9.59 Å². The van der Waals surface area contributed by atoms with Gasteiger partial charge in [-0.25, -0.2) is 0 Å². The molecule has 0 radical (unpaired) electrons. The molecule has 2 aromatic carbocycles. The van der Waals surface area contributed by atoms with Crippen LogP contribution < -0.4 is 0 Å². The molecule has 144 valence electrons. The molecule has 4 heteroatoms. The van der Waals surface area contributed by atoms with E-state index in [2.05, 4.69) is 18.2 Å². The first kappa shape index (κ1) is 18.5. The molecule has 4 nitrogen and oxygen atoms in total. The second kappa shape index (κ2) is 6.93. The van der Waals surface area contributed by atoms with E-state index in [1.807, 2.05) is 66.8 Å². The summed E-state index contributed by atoms with van der Waals surface area (Å²) in [7, 11) is 0. The molecule has 1 aromatic heterocycles. The predicted molar refractivity (Wildman–Crippen MR) is 111 cm³/mol. The van der Waals surface area contributed by atoms with Gasteiger partial charge < -0.3 is 9.47 Å². The Morgan fingerprint density at radius 2 is 1.64 bits per heavy atom. The first-order chi connectivity index (χ1) is 13.3. The summed E-state index contributed by atoms with van der Waals surface area (Å²) < 4.78 is 1.93. The average molecular weight is 374 g/mol. The van der Waals surface area contributed by atoms with Gasteiger partial charge in [0, 0.05) is 41.2 Å². The van der Waals surface area contributed by atoms with Crippen molar-refractivity contribution in [1.29, 1.82) is 0 Å². The SMILES string of the molecule is CC(C)(C)C(=O)c1cn(CC(=O)N2CCc3ccccc3C2)c2ccccc12. The third-order valence-corrected chi connectivity index (χ3v) is 5.50. The Labute approximate surface area is 165 Å². The smallest absolute Gasteiger partial charge is 0.242 e. The van der Waals surface area contributed by atoms with Crippen molar-refractivity contribution in [3.63, 3.8) is 0 Å². The number of para-hydroxylation sites is 1. The molecule has 0 saturated heterocycles.